The largest absolute Gasteiger partial charge is 0.416 e. The smallest absolute Gasteiger partial charge is 0.374 e. The maximum absolute atomic E-state index is 13.0. The molecule has 0 saturated carbocycles. The molecule has 2 aromatic carbocycles. The number of ether oxygens (including phenoxy) is 1. The molecule has 28 heavy (non-hydrogen) atoms. The average Bonchev–Trinajstić information content (AvgIpc) is 3.03. The number of rotatable bonds is 6. The van der Waals surface area contributed by atoms with Gasteiger partial charge in [-0.25, -0.2) is 13.6 Å². The molecule has 1 aliphatic heterocycles. The van der Waals surface area contributed by atoms with Crippen molar-refractivity contribution in [3.63, 3.8) is 0 Å². The van der Waals surface area contributed by atoms with Crippen LogP contribution >= 0.6 is 0 Å². The van der Waals surface area contributed by atoms with Crippen LogP contribution in [-0.2, 0) is 23.1 Å². The summed E-state index contributed by atoms with van der Waals surface area (Å²) in [5, 5.41) is 5.39. The van der Waals surface area contributed by atoms with Gasteiger partial charge in [0.2, 0.25) is 0 Å². The number of alkyl halides is 5. The number of benzene rings is 2. The summed E-state index contributed by atoms with van der Waals surface area (Å²) in [6, 6.07) is 10.7. The molecule has 2 aromatic rings. The second kappa shape index (κ2) is 7.75. The van der Waals surface area contributed by atoms with E-state index in [-0.39, 0.29) is 25.3 Å². The van der Waals surface area contributed by atoms with Crippen molar-refractivity contribution in [1.29, 1.82) is 0 Å². The molecule has 1 saturated heterocycles. The van der Waals surface area contributed by atoms with Crippen LogP contribution in [0.1, 0.15) is 28.7 Å². The molecule has 1 aliphatic rings. The minimum atomic E-state index is -4.74. The Morgan fingerprint density at radius 2 is 1.82 bits per heavy atom. The summed E-state index contributed by atoms with van der Waals surface area (Å²) >= 11 is 0. The van der Waals surface area contributed by atoms with Crippen molar-refractivity contribution < 1.29 is 31.5 Å². The maximum Gasteiger partial charge on any atom is 0.416 e. The summed E-state index contributed by atoms with van der Waals surface area (Å²) in [6.07, 6.45) is -7.77. The summed E-state index contributed by atoms with van der Waals surface area (Å²) in [6.45, 7) is -0.134. The maximum atomic E-state index is 13.0. The number of urea groups is 1. The molecule has 2 amide bonds. The van der Waals surface area contributed by atoms with Gasteiger partial charge in [-0.1, -0.05) is 30.3 Å². The van der Waals surface area contributed by atoms with E-state index in [0.29, 0.717) is 6.07 Å². The predicted molar refractivity (Wildman–Crippen MR) is 90.7 cm³/mol. The molecule has 3 rings (SSSR count). The zero-order valence-corrected chi connectivity index (χ0v) is 14.5. The first-order valence-electron chi connectivity index (χ1n) is 8.38. The second-order valence-electron chi connectivity index (χ2n) is 6.51. The van der Waals surface area contributed by atoms with Crippen molar-refractivity contribution in [2.75, 3.05) is 13.2 Å². The molecule has 0 spiro atoms. The van der Waals surface area contributed by atoms with Crippen LogP contribution in [-0.4, -0.2) is 19.2 Å². The molecule has 0 bridgehead atoms. The molecule has 0 radical (unpaired) electrons. The van der Waals surface area contributed by atoms with E-state index >= 15 is 0 Å². The van der Waals surface area contributed by atoms with E-state index in [2.05, 4.69) is 10.6 Å². The number of carbonyl (C=O) groups excluding carboxylic acids is 1. The van der Waals surface area contributed by atoms with E-state index in [1.807, 2.05) is 0 Å². The van der Waals surface area contributed by atoms with Gasteiger partial charge in [0.1, 0.15) is 5.54 Å². The lowest BCUT2D eigenvalue weighted by Gasteiger charge is -2.28. The predicted octanol–water partition coefficient (Wildman–Crippen LogP) is 4.37. The number of carbonyl (C=O) groups is 1. The summed E-state index contributed by atoms with van der Waals surface area (Å²) in [5.41, 5.74) is -2.04. The summed E-state index contributed by atoms with van der Waals surface area (Å²) in [5.74, 6) is 0. The lowest BCUT2D eigenvalue weighted by Crippen LogP contribution is -2.44. The Labute approximate surface area is 157 Å². The molecular formula is C19H17F5N2O2. The van der Waals surface area contributed by atoms with Gasteiger partial charge in [0.15, 0.2) is 0 Å². The Bertz CT molecular complexity index is 842. The number of halogens is 5. The molecule has 0 aliphatic carbocycles. The SMILES string of the molecule is O=C1NC[C@@](COCc2cc(C(F)F)cc(C(F)(F)F)c2)(c2ccccc2)N1. The van der Waals surface area contributed by atoms with Gasteiger partial charge < -0.3 is 15.4 Å². The molecule has 9 heteroatoms. The number of hydrogen-bond acceptors (Lipinski definition) is 2. The third-order valence-electron chi connectivity index (χ3n) is 4.44. The van der Waals surface area contributed by atoms with Gasteiger partial charge in [0.25, 0.3) is 6.43 Å². The minimum absolute atomic E-state index is 0.0226. The van der Waals surface area contributed by atoms with E-state index in [1.165, 1.54) is 0 Å². The van der Waals surface area contributed by atoms with Crippen LogP contribution in [0.15, 0.2) is 48.5 Å². The summed E-state index contributed by atoms with van der Waals surface area (Å²) in [4.78, 5) is 11.7. The molecule has 1 atom stereocenters. The van der Waals surface area contributed by atoms with Crippen LogP contribution in [0.5, 0.6) is 0 Å². The van der Waals surface area contributed by atoms with Crippen molar-refractivity contribution in [3.8, 4) is 0 Å². The topological polar surface area (TPSA) is 50.4 Å². The van der Waals surface area contributed by atoms with Crippen LogP contribution in [0.2, 0.25) is 0 Å². The van der Waals surface area contributed by atoms with Gasteiger partial charge in [-0.05, 0) is 29.3 Å². The van der Waals surface area contributed by atoms with Gasteiger partial charge in [-0.15, -0.1) is 0 Å². The fraction of sp³-hybridized carbons (Fsp3) is 0.316. The van der Waals surface area contributed by atoms with E-state index in [1.54, 1.807) is 30.3 Å². The molecule has 150 valence electrons. The summed E-state index contributed by atoms with van der Waals surface area (Å²) in [7, 11) is 0. The van der Waals surface area contributed by atoms with E-state index in [9.17, 15) is 26.7 Å². The molecular weight excluding hydrogens is 383 g/mol. The first-order valence-corrected chi connectivity index (χ1v) is 8.38. The van der Waals surface area contributed by atoms with Crippen molar-refractivity contribution in [2.24, 2.45) is 0 Å². The van der Waals surface area contributed by atoms with Crippen LogP contribution in [0.3, 0.4) is 0 Å². The van der Waals surface area contributed by atoms with Crippen LogP contribution in [0.4, 0.5) is 26.7 Å². The fourth-order valence-electron chi connectivity index (χ4n) is 3.07. The molecule has 1 heterocycles. The Hall–Kier alpha value is -2.68. The number of amides is 2. The highest BCUT2D eigenvalue weighted by atomic mass is 19.4. The lowest BCUT2D eigenvalue weighted by atomic mass is 9.92. The quantitative estimate of drug-likeness (QED) is 0.708. The zero-order chi connectivity index (χ0) is 20.4. The summed E-state index contributed by atoms with van der Waals surface area (Å²) < 4.78 is 70.3. The van der Waals surface area contributed by atoms with Gasteiger partial charge >= 0.3 is 12.2 Å². The Morgan fingerprint density at radius 3 is 2.39 bits per heavy atom. The van der Waals surface area contributed by atoms with Crippen molar-refractivity contribution in [1.82, 2.24) is 10.6 Å². The van der Waals surface area contributed by atoms with Gasteiger partial charge in [-0.2, -0.15) is 13.2 Å². The highest BCUT2D eigenvalue weighted by molar-refractivity contribution is 5.78. The van der Waals surface area contributed by atoms with Crippen molar-refractivity contribution in [2.45, 2.75) is 24.7 Å². The standard InChI is InChI=1S/C19H17F5N2O2/c20-16(21)13-6-12(7-15(8-13)19(22,23)24)9-28-11-18(10-25-17(27)26-18)14-4-2-1-3-5-14/h1-8,16H,9-11H2,(H2,25,26,27)/t18-/m1/s1. The number of nitrogens with one attached hydrogen (secondary N) is 2. The molecule has 0 aromatic heterocycles. The van der Waals surface area contributed by atoms with E-state index in [0.717, 1.165) is 17.7 Å². The van der Waals surface area contributed by atoms with Crippen LogP contribution in [0.25, 0.3) is 0 Å². The lowest BCUT2D eigenvalue weighted by molar-refractivity contribution is -0.137. The average molecular weight is 400 g/mol. The van der Waals surface area contributed by atoms with Crippen LogP contribution in [0, 0.1) is 0 Å². The van der Waals surface area contributed by atoms with Gasteiger partial charge in [-0.3, -0.25) is 0 Å². The normalized spacial score (nSPS) is 19.6. The Kier molecular flexibility index (Phi) is 5.55. The van der Waals surface area contributed by atoms with Gasteiger partial charge in [0.05, 0.1) is 18.8 Å². The van der Waals surface area contributed by atoms with Crippen molar-refractivity contribution >= 4 is 6.03 Å². The molecule has 0 unspecified atom stereocenters. The van der Waals surface area contributed by atoms with Crippen molar-refractivity contribution in [3.05, 3.63) is 70.8 Å². The Balaban J connectivity index is 1.78. The molecule has 4 nitrogen and oxygen atoms in total. The number of hydrogen-bond donors (Lipinski definition) is 2. The van der Waals surface area contributed by atoms with Crippen LogP contribution < -0.4 is 10.6 Å². The first kappa shape index (κ1) is 20.1. The molecule has 2 N–H and O–H groups in total. The van der Waals surface area contributed by atoms with Gasteiger partial charge in [0, 0.05) is 12.1 Å². The minimum Gasteiger partial charge on any atom is -0.374 e. The third kappa shape index (κ3) is 4.41. The zero-order valence-electron chi connectivity index (χ0n) is 14.5. The second-order valence-corrected chi connectivity index (χ2v) is 6.51. The highest BCUT2D eigenvalue weighted by Gasteiger charge is 2.39. The fourth-order valence-corrected chi connectivity index (χ4v) is 3.07. The molecule has 1 fully saturated rings. The highest BCUT2D eigenvalue weighted by Crippen LogP contribution is 2.33. The van der Waals surface area contributed by atoms with E-state index in [4.69, 9.17) is 4.74 Å². The monoisotopic (exact) mass is 400 g/mol. The Morgan fingerprint density at radius 1 is 1.11 bits per heavy atom. The van der Waals surface area contributed by atoms with E-state index < -0.39 is 35.3 Å². The first-order chi connectivity index (χ1) is 13.2. The third-order valence-corrected chi connectivity index (χ3v) is 4.44.